The number of carbonyl (C=O) groups excluding carboxylic acids is 1. The van der Waals surface area contributed by atoms with Gasteiger partial charge in [-0.25, -0.2) is 22.2 Å². The molecule has 10 heteroatoms. The number of aromatic nitrogens is 5. The summed E-state index contributed by atoms with van der Waals surface area (Å²) in [6.07, 6.45) is 7.03. The van der Waals surface area contributed by atoms with Crippen LogP contribution < -0.4 is 0 Å². The van der Waals surface area contributed by atoms with Gasteiger partial charge in [-0.15, -0.1) is 10.2 Å². The predicted molar refractivity (Wildman–Crippen MR) is 131 cm³/mol. The first-order valence-electron chi connectivity index (χ1n) is 11.7. The lowest BCUT2D eigenvalue weighted by molar-refractivity contribution is -0.137. The zero-order valence-corrected chi connectivity index (χ0v) is 20.7. The van der Waals surface area contributed by atoms with E-state index in [2.05, 4.69) is 22.1 Å². The van der Waals surface area contributed by atoms with E-state index in [4.69, 9.17) is 4.74 Å². The van der Waals surface area contributed by atoms with Gasteiger partial charge >= 0.3 is 5.97 Å². The van der Waals surface area contributed by atoms with Crippen molar-refractivity contribution in [3.8, 4) is 0 Å². The third kappa shape index (κ3) is 4.01. The Morgan fingerprint density at radius 3 is 2.63 bits per heavy atom. The van der Waals surface area contributed by atoms with Crippen molar-refractivity contribution in [3.05, 3.63) is 65.8 Å². The first-order valence-corrected chi connectivity index (χ1v) is 13.2. The lowest BCUT2D eigenvalue weighted by atomic mass is 9.93. The molecule has 3 aromatic heterocycles. The van der Waals surface area contributed by atoms with E-state index in [0.29, 0.717) is 29.8 Å². The lowest BCUT2D eigenvalue weighted by Crippen LogP contribution is -2.13. The fourth-order valence-corrected chi connectivity index (χ4v) is 6.22. The highest BCUT2D eigenvalue weighted by molar-refractivity contribution is 7.90. The Hall–Kier alpha value is -3.53. The molecule has 3 heterocycles. The molecule has 5 rings (SSSR count). The summed E-state index contributed by atoms with van der Waals surface area (Å²) < 4.78 is 34.9. The van der Waals surface area contributed by atoms with Crippen LogP contribution >= 0.6 is 0 Å². The van der Waals surface area contributed by atoms with Crippen molar-refractivity contribution >= 4 is 32.8 Å². The third-order valence-corrected chi connectivity index (χ3v) is 8.36. The van der Waals surface area contributed by atoms with Crippen LogP contribution in [0.15, 0.2) is 59.3 Å². The summed E-state index contributed by atoms with van der Waals surface area (Å²) in [6.45, 7) is 6.16. The van der Waals surface area contributed by atoms with Crippen LogP contribution in [0.25, 0.3) is 16.8 Å². The van der Waals surface area contributed by atoms with Crippen LogP contribution in [0.1, 0.15) is 50.4 Å². The average Bonchev–Trinajstić information content (AvgIpc) is 3.55. The van der Waals surface area contributed by atoms with Crippen LogP contribution in [0.3, 0.4) is 0 Å². The molecule has 1 saturated carbocycles. The smallest absolute Gasteiger partial charge is 0.330 e. The summed E-state index contributed by atoms with van der Waals surface area (Å²) in [6, 6.07) is 8.48. The van der Waals surface area contributed by atoms with Crippen molar-refractivity contribution in [2.45, 2.75) is 50.8 Å². The van der Waals surface area contributed by atoms with Gasteiger partial charge in [0.2, 0.25) is 0 Å². The van der Waals surface area contributed by atoms with E-state index in [1.54, 1.807) is 49.5 Å². The molecule has 1 aliphatic carbocycles. The van der Waals surface area contributed by atoms with E-state index in [0.717, 1.165) is 29.8 Å². The number of hydrogen-bond acceptors (Lipinski definition) is 7. The van der Waals surface area contributed by atoms with Crippen molar-refractivity contribution in [2.75, 3.05) is 6.61 Å². The molecule has 2 atom stereocenters. The molecule has 0 aliphatic heterocycles. The van der Waals surface area contributed by atoms with Crippen LogP contribution in [0.5, 0.6) is 0 Å². The van der Waals surface area contributed by atoms with E-state index in [1.807, 2.05) is 11.3 Å². The van der Waals surface area contributed by atoms with Crippen molar-refractivity contribution in [1.82, 2.24) is 23.6 Å². The van der Waals surface area contributed by atoms with Gasteiger partial charge in [0.15, 0.2) is 11.3 Å². The number of allylic oxidation sites excluding steroid dienone is 1. The van der Waals surface area contributed by atoms with Gasteiger partial charge in [0.05, 0.1) is 23.2 Å². The Bertz CT molecular complexity index is 1550. The first kappa shape index (κ1) is 23.2. The maximum Gasteiger partial charge on any atom is 0.330 e. The fourth-order valence-electron chi connectivity index (χ4n) is 4.92. The zero-order chi connectivity index (χ0) is 24.7. The van der Waals surface area contributed by atoms with E-state index in [-0.39, 0.29) is 22.7 Å². The number of benzene rings is 1. The topological polar surface area (TPSA) is 108 Å². The molecule has 9 nitrogen and oxygen atoms in total. The number of esters is 1. The minimum atomic E-state index is -3.83. The van der Waals surface area contributed by atoms with Gasteiger partial charge in [0.25, 0.3) is 10.0 Å². The minimum Gasteiger partial charge on any atom is -0.463 e. The molecule has 182 valence electrons. The van der Waals surface area contributed by atoms with Gasteiger partial charge in [-0.3, -0.25) is 4.40 Å². The Balaban J connectivity index is 1.60. The molecular weight excluding hydrogens is 466 g/mol. The second kappa shape index (κ2) is 8.92. The maximum atomic E-state index is 13.4. The van der Waals surface area contributed by atoms with Crippen LogP contribution in [-0.4, -0.2) is 44.5 Å². The van der Waals surface area contributed by atoms with E-state index in [9.17, 15) is 13.2 Å². The Morgan fingerprint density at radius 1 is 1.14 bits per heavy atom. The normalized spacial score (nSPS) is 19.7. The van der Waals surface area contributed by atoms with Crippen molar-refractivity contribution in [3.63, 3.8) is 0 Å². The highest BCUT2D eigenvalue weighted by Crippen LogP contribution is 2.44. The van der Waals surface area contributed by atoms with Gasteiger partial charge in [0.1, 0.15) is 5.82 Å². The number of ether oxygens (including phenoxy) is 1. The molecule has 4 aromatic rings. The summed E-state index contributed by atoms with van der Waals surface area (Å²) >= 11 is 0. The average molecular weight is 494 g/mol. The molecule has 1 aliphatic rings. The SMILES string of the molecule is CCOC(=O)/C=C1\C[C@@H](CC)[C@@H](c2nnc3cnc4c(ccn4S(=O)(=O)c4ccc(C)cc4)n23)C1. The number of aryl methyl sites for hydroxylation is 1. The fraction of sp³-hybridized carbons (Fsp3) is 0.360. The molecule has 0 saturated heterocycles. The van der Waals surface area contributed by atoms with E-state index < -0.39 is 10.0 Å². The molecule has 1 fully saturated rings. The van der Waals surface area contributed by atoms with Crippen molar-refractivity contribution < 1.29 is 17.9 Å². The zero-order valence-electron chi connectivity index (χ0n) is 19.9. The van der Waals surface area contributed by atoms with Gasteiger partial charge in [-0.1, -0.05) is 36.6 Å². The summed E-state index contributed by atoms with van der Waals surface area (Å²) in [5.41, 5.74) is 3.49. The monoisotopic (exact) mass is 493 g/mol. The number of hydrogen-bond donors (Lipinski definition) is 0. The number of rotatable bonds is 6. The Labute approximate surface area is 203 Å². The highest BCUT2D eigenvalue weighted by Gasteiger charge is 2.35. The second-order valence-corrected chi connectivity index (χ2v) is 10.7. The van der Waals surface area contributed by atoms with Crippen molar-refractivity contribution in [2.24, 2.45) is 5.92 Å². The lowest BCUT2D eigenvalue weighted by Gasteiger charge is -2.16. The highest BCUT2D eigenvalue weighted by atomic mass is 32.2. The molecule has 0 radical (unpaired) electrons. The molecule has 0 amide bonds. The van der Waals surface area contributed by atoms with Gasteiger partial charge in [0, 0.05) is 18.2 Å². The second-order valence-electron chi connectivity index (χ2n) is 8.89. The number of carbonyl (C=O) groups is 1. The summed E-state index contributed by atoms with van der Waals surface area (Å²) in [4.78, 5) is 16.6. The molecule has 0 spiro atoms. The minimum absolute atomic E-state index is 0.0401. The quantitative estimate of drug-likeness (QED) is 0.295. The van der Waals surface area contributed by atoms with Crippen LogP contribution in [0.2, 0.25) is 0 Å². The molecule has 0 N–H and O–H groups in total. The van der Waals surface area contributed by atoms with Gasteiger partial charge < -0.3 is 4.74 Å². The van der Waals surface area contributed by atoms with Crippen LogP contribution in [0.4, 0.5) is 0 Å². The molecule has 35 heavy (non-hydrogen) atoms. The van der Waals surface area contributed by atoms with Gasteiger partial charge in [-0.05, 0) is 50.8 Å². The standard InChI is InChI=1S/C25H27N5O4S/c1-4-18-12-17(14-23(31)34-5-2)13-20(18)24-28-27-22-15-26-25-21(30(22)24)10-11-29(25)35(32,33)19-8-6-16(3)7-9-19/h6-11,14-15,18,20H,4-5,12-13H2,1-3H3/b17-14+/t18-,20+/m1/s1. The first-order chi connectivity index (χ1) is 16.8. The van der Waals surface area contributed by atoms with E-state index >= 15 is 0 Å². The Morgan fingerprint density at radius 2 is 1.91 bits per heavy atom. The molecule has 1 aromatic carbocycles. The number of nitrogens with zero attached hydrogens (tertiary/aromatic N) is 5. The largest absolute Gasteiger partial charge is 0.463 e. The predicted octanol–water partition coefficient (Wildman–Crippen LogP) is 4.02. The van der Waals surface area contributed by atoms with E-state index in [1.165, 1.54) is 10.2 Å². The maximum absolute atomic E-state index is 13.4. The number of fused-ring (bicyclic) bond motifs is 3. The summed E-state index contributed by atoms with van der Waals surface area (Å²) in [7, 11) is -3.83. The van der Waals surface area contributed by atoms with Crippen LogP contribution in [-0.2, 0) is 19.6 Å². The Kier molecular flexibility index (Phi) is 5.92. The summed E-state index contributed by atoms with van der Waals surface area (Å²) in [5.74, 6) is 0.745. The third-order valence-electron chi connectivity index (χ3n) is 6.68. The molecular formula is C25H27N5O4S. The van der Waals surface area contributed by atoms with Crippen molar-refractivity contribution in [1.29, 1.82) is 0 Å². The van der Waals surface area contributed by atoms with Crippen LogP contribution in [0, 0.1) is 12.8 Å². The van der Waals surface area contributed by atoms with Gasteiger partial charge in [-0.2, -0.15) is 0 Å². The summed E-state index contributed by atoms with van der Waals surface area (Å²) in [5, 5.41) is 8.80. The molecule has 0 unspecified atom stereocenters. The molecule has 0 bridgehead atoms.